The van der Waals surface area contributed by atoms with Gasteiger partial charge >= 0.3 is 0 Å². The van der Waals surface area contributed by atoms with Gasteiger partial charge in [0, 0.05) is 15.8 Å². The molecule has 1 rings (SSSR count). The van der Waals surface area contributed by atoms with E-state index in [9.17, 15) is 4.79 Å². The van der Waals surface area contributed by atoms with Gasteiger partial charge in [-0.05, 0) is 44.3 Å². The van der Waals surface area contributed by atoms with Crippen molar-refractivity contribution in [2.75, 3.05) is 5.33 Å². The Morgan fingerprint density at radius 2 is 2.27 bits per heavy atom. The molecule has 0 bridgehead atoms. The molecule has 0 radical (unpaired) electrons. The monoisotopic (exact) mass is 417 g/mol. The smallest absolute Gasteiger partial charge is 0.261 e. The second kappa shape index (κ2) is 6.37. The molecule has 0 aliphatic rings. The van der Waals surface area contributed by atoms with E-state index >= 15 is 0 Å². The Balaban J connectivity index is 2.68. The van der Waals surface area contributed by atoms with Crippen LogP contribution in [0.5, 0.6) is 0 Å². The maximum absolute atomic E-state index is 11.8. The maximum atomic E-state index is 11.8. The Morgan fingerprint density at radius 3 is 2.67 bits per heavy atom. The minimum absolute atomic E-state index is 0.0160. The summed E-state index contributed by atoms with van der Waals surface area (Å²) in [6.07, 6.45) is 0.921. The van der Waals surface area contributed by atoms with Gasteiger partial charge < -0.3 is 5.32 Å². The van der Waals surface area contributed by atoms with E-state index in [-0.39, 0.29) is 11.9 Å². The van der Waals surface area contributed by atoms with Crippen LogP contribution < -0.4 is 5.32 Å². The van der Waals surface area contributed by atoms with Crippen LogP contribution in [-0.2, 0) is 0 Å². The van der Waals surface area contributed by atoms with Gasteiger partial charge in [0.05, 0.1) is 8.66 Å². The molecule has 1 heterocycles. The number of hydrogen-bond donors (Lipinski definition) is 1. The van der Waals surface area contributed by atoms with Gasteiger partial charge in [0.25, 0.3) is 5.91 Å². The first-order valence-electron chi connectivity index (χ1n) is 4.40. The van der Waals surface area contributed by atoms with Crippen molar-refractivity contribution in [2.45, 2.75) is 19.4 Å². The highest BCUT2D eigenvalue weighted by Gasteiger charge is 2.14. The summed E-state index contributed by atoms with van der Waals surface area (Å²) in [5.41, 5.74) is 0. The molecule has 0 saturated heterocycles. The fourth-order valence-electron chi connectivity index (χ4n) is 0.965. The second-order valence-electron chi connectivity index (χ2n) is 2.97. The van der Waals surface area contributed by atoms with E-state index in [4.69, 9.17) is 0 Å². The van der Waals surface area contributed by atoms with Crippen LogP contribution in [0.4, 0.5) is 0 Å². The largest absolute Gasteiger partial charge is 0.348 e. The van der Waals surface area contributed by atoms with Gasteiger partial charge in [-0.25, -0.2) is 0 Å². The first kappa shape index (κ1) is 13.7. The first-order chi connectivity index (χ1) is 7.08. The van der Waals surface area contributed by atoms with Crippen LogP contribution >= 0.6 is 59.1 Å². The Kier molecular flexibility index (Phi) is 5.81. The number of nitrogens with one attached hydrogen (secondary N) is 1. The van der Waals surface area contributed by atoms with E-state index < -0.39 is 0 Å². The Bertz CT molecular complexity index is 330. The van der Waals surface area contributed by atoms with Gasteiger partial charge in [0.2, 0.25) is 0 Å². The normalized spacial score (nSPS) is 12.5. The second-order valence-corrected chi connectivity index (χ2v) is 6.84. The average molecular weight is 420 g/mol. The van der Waals surface area contributed by atoms with Crippen molar-refractivity contribution in [1.29, 1.82) is 0 Å². The molecule has 0 aliphatic carbocycles. The lowest BCUT2D eigenvalue weighted by atomic mass is 10.2. The topological polar surface area (TPSA) is 29.1 Å². The zero-order valence-corrected chi connectivity index (χ0v) is 13.6. The predicted molar refractivity (Wildman–Crippen MR) is 75.1 cm³/mol. The average Bonchev–Trinajstić information content (AvgIpc) is 2.55. The molecule has 1 aromatic heterocycles. The van der Waals surface area contributed by atoms with Crippen molar-refractivity contribution in [3.8, 4) is 0 Å². The van der Waals surface area contributed by atoms with E-state index in [2.05, 4.69) is 53.1 Å². The van der Waals surface area contributed by atoms with Crippen LogP contribution in [0.15, 0.2) is 14.3 Å². The molecular formula is C9H10Br3NOS. The zero-order valence-electron chi connectivity index (χ0n) is 8.02. The number of amides is 1. The molecule has 1 amide bonds. The highest BCUT2D eigenvalue weighted by Crippen LogP contribution is 2.32. The number of thiophene rings is 1. The van der Waals surface area contributed by atoms with Crippen molar-refractivity contribution in [2.24, 2.45) is 0 Å². The van der Waals surface area contributed by atoms with Crippen molar-refractivity contribution >= 4 is 65.0 Å². The summed E-state index contributed by atoms with van der Waals surface area (Å²) in [6.45, 7) is 2.05. The molecule has 0 fully saturated rings. The van der Waals surface area contributed by atoms with Gasteiger partial charge in [0.1, 0.15) is 0 Å². The molecule has 0 spiro atoms. The highest BCUT2D eigenvalue weighted by molar-refractivity contribution is 9.13. The van der Waals surface area contributed by atoms with Crippen molar-refractivity contribution in [1.82, 2.24) is 5.32 Å². The SMILES string of the molecule is CCC(CBr)NC(=O)c1cc(Br)c(Br)s1. The number of carbonyl (C=O) groups is 1. The number of rotatable bonds is 4. The summed E-state index contributed by atoms with van der Waals surface area (Å²) < 4.78 is 1.86. The number of hydrogen-bond acceptors (Lipinski definition) is 2. The minimum Gasteiger partial charge on any atom is -0.348 e. The van der Waals surface area contributed by atoms with E-state index in [1.807, 2.05) is 13.0 Å². The van der Waals surface area contributed by atoms with E-state index in [0.29, 0.717) is 4.88 Å². The minimum atomic E-state index is -0.0160. The molecule has 84 valence electrons. The van der Waals surface area contributed by atoms with Gasteiger partial charge in [0.15, 0.2) is 0 Å². The van der Waals surface area contributed by atoms with Crippen LogP contribution in [0.2, 0.25) is 0 Å². The summed E-state index contributed by atoms with van der Waals surface area (Å²) in [4.78, 5) is 12.5. The molecular weight excluding hydrogens is 410 g/mol. The molecule has 6 heteroatoms. The fourth-order valence-corrected chi connectivity index (χ4v) is 3.52. The summed E-state index contributed by atoms with van der Waals surface area (Å²) in [6, 6.07) is 2.02. The van der Waals surface area contributed by atoms with Gasteiger partial charge in [-0.3, -0.25) is 4.79 Å². The van der Waals surface area contributed by atoms with Crippen molar-refractivity contribution < 1.29 is 4.79 Å². The lowest BCUT2D eigenvalue weighted by Gasteiger charge is -2.12. The molecule has 0 aliphatic heterocycles. The predicted octanol–water partition coefficient (Wildman–Crippen LogP) is 4.18. The molecule has 0 saturated carbocycles. The number of halogens is 3. The molecule has 1 aromatic rings. The Hall–Kier alpha value is 0.610. The summed E-state index contributed by atoms with van der Waals surface area (Å²) in [7, 11) is 0. The summed E-state index contributed by atoms with van der Waals surface area (Å²) in [5, 5.41) is 3.74. The highest BCUT2D eigenvalue weighted by atomic mass is 79.9. The van der Waals surface area contributed by atoms with Crippen LogP contribution in [0.3, 0.4) is 0 Å². The van der Waals surface area contributed by atoms with E-state index in [1.165, 1.54) is 11.3 Å². The third-order valence-corrected chi connectivity index (χ3v) is 5.92. The fraction of sp³-hybridized carbons (Fsp3) is 0.444. The Morgan fingerprint density at radius 1 is 1.60 bits per heavy atom. The Labute approximate surface area is 118 Å². The number of alkyl halides is 1. The summed E-state index contributed by atoms with van der Waals surface area (Å²) in [5.74, 6) is -0.0160. The zero-order chi connectivity index (χ0) is 11.4. The lowest BCUT2D eigenvalue weighted by molar-refractivity contribution is 0.0944. The van der Waals surface area contributed by atoms with Crippen LogP contribution in [-0.4, -0.2) is 17.3 Å². The van der Waals surface area contributed by atoms with E-state index in [1.54, 1.807) is 0 Å². The molecule has 1 N–H and O–H groups in total. The van der Waals surface area contributed by atoms with Crippen LogP contribution in [0.25, 0.3) is 0 Å². The molecule has 0 aromatic carbocycles. The van der Waals surface area contributed by atoms with Crippen LogP contribution in [0.1, 0.15) is 23.0 Å². The lowest BCUT2D eigenvalue weighted by Crippen LogP contribution is -2.35. The number of carbonyl (C=O) groups excluding carboxylic acids is 1. The molecule has 15 heavy (non-hydrogen) atoms. The van der Waals surface area contributed by atoms with Gasteiger partial charge in [-0.2, -0.15) is 0 Å². The van der Waals surface area contributed by atoms with Crippen molar-refractivity contribution in [3.05, 3.63) is 19.2 Å². The standard InChI is InChI=1S/C9H10Br3NOS/c1-2-5(4-10)13-9(14)7-3-6(11)8(12)15-7/h3,5H,2,4H2,1H3,(H,13,14). The molecule has 1 atom stereocenters. The first-order valence-corrected chi connectivity index (χ1v) is 7.92. The third-order valence-electron chi connectivity index (χ3n) is 1.88. The molecule has 1 unspecified atom stereocenters. The van der Waals surface area contributed by atoms with Crippen LogP contribution in [0, 0.1) is 0 Å². The van der Waals surface area contributed by atoms with Gasteiger partial charge in [-0.1, -0.05) is 22.9 Å². The van der Waals surface area contributed by atoms with E-state index in [0.717, 1.165) is 20.0 Å². The molecule has 2 nitrogen and oxygen atoms in total. The third kappa shape index (κ3) is 3.84. The summed E-state index contributed by atoms with van der Waals surface area (Å²) >= 11 is 11.5. The van der Waals surface area contributed by atoms with Crippen molar-refractivity contribution in [3.63, 3.8) is 0 Å². The maximum Gasteiger partial charge on any atom is 0.261 e. The van der Waals surface area contributed by atoms with Gasteiger partial charge in [-0.15, -0.1) is 11.3 Å². The quantitative estimate of drug-likeness (QED) is 0.729.